The maximum atomic E-state index is 12.3. The van der Waals surface area contributed by atoms with Gasteiger partial charge in [-0.15, -0.1) is 0 Å². The highest BCUT2D eigenvalue weighted by Crippen LogP contribution is 2.11. The van der Waals surface area contributed by atoms with E-state index in [1.54, 1.807) is 0 Å². The van der Waals surface area contributed by atoms with Crippen molar-refractivity contribution < 1.29 is 18.7 Å². The Morgan fingerprint density at radius 3 is 2.65 bits per heavy atom. The lowest BCUT2D eigenvalue weighted by atomic mass is 9.99. The van der Waals surface area contributed by atoms with Crippen LogP contribution in [0.5, 0.6) is 0 Å². The van der Waals surface area contributed by atoms with E-state index in [1.165, 1.54) is 0 Å². The fourth-order valence-electron chi connectivity index (χ4n) is 2.12. The fraction of sp³-hybridized carbons (Fsp3) is 0.611. The minimum atomic E-state index is -0.366. The molecule has 0 bridgehead atoms. The Kier molecular flexibility index (Phi) is 10.2. The largest absolute Gasteiger partial charge is 0.460 e. The normalized spacial score (nSPS) is 13.5. The number of rotatable bonds is 12. The third-order valence-corrected chi connectivity index (χ3v) is 3.72. The second kappa shape index (κ2) is 12.0. The zero-order valence-corrected chi connectivity index (χ0v) is 14.1. The van der Waals surface area contributed by atoms with Gasteiger partial charge in [0.15, 0.2) is 0 Å². The summed E-state index contributed by atoms with van der Waals surface area (Å²) in [6.45, 7) is 5.38. The molecule has 2 atom stereocenters. The first-order chi connectivity index (χ1) is 11.2. The lowest BCUT2D eigenvalue weighted by Gasteiger charge is -2.22. The van der Waals surface area contributed by atoms with Crippen LogP contribution in [0.1, 0.15) is 32.3 Å². The van der Waals surface area contributed by atoms with Gasteiger partial charge >= 0.3 is 5.97 Å². The van der Waals surface area contributed by atoms with E-state index in [0.717, 1.165) is 12.0 Å². The molecule has 4 nitrogen and oxygen atoms in total. The summed E-state index contributed by atoms with van der Waals surface area (Å²) >= 11 is 0. The summed E-state index contributed by atoms with van der Waals surface area (Å²) in [6, 6.07) is 9.27. The molecule has 23 heavy (non-hydrogen) atoms. The summed E-state index contributed by atoms with van der Waals surface area (Å²) in [5, 5.41) is 3.19. The monoisotopic (exact) mass is 325 g/mol. The third-order valence-electron chi connectivity index (χ3n) is 3.72. The predicted octanol–water partition coefficient (Wildman–Crippen LogP) is 3.11. The Balaban J connectivity index is 2.38. The van der Waals surface area contributed by atoms with Gasteiger partial charge in [0.2, 0.25) is 0 Å². The number of ether oxygens (including phenoxy) is 2. The Morgan fingerprint density at radius 2 is 2.00 bits per heavy atom. The van der Waals surface area contributed by atoms with Crippen molar-refractivity contribution in [1.82, 2.24) is 5.32 Å². The molecule has 0 aliphatic heterocycles. The first-order valence-corrected chi connectivity index (χ1v) is 8.26. The molecule has 0 heterocycles. The van der Waals surface area contributed by atoms with Gasteiger partial charge in [0.05, 0.1) is 13.3 Å². The summed E-state index contributed by atoms with van der Waals surface area (Å²) in [4.78, 5) is 12.3. The molecule has 0 aliphatic rings. The maximum absolute atomic E-state index is 12.3. The predicted molar refractivity (Wildman–Crippen MR) is 88.9 cm³/mol. The van der Waals surface area contributed by atoms with E-state index < -0.39 is 0 Å². The molecule has 1 aromatic rings. The highest BCUT2D eigenvalue weighted by molar-refractivity contribution is 5.76. The molecular weight excluding hydrogens is 297 g/mol. The lowest BCUT2D eigenvalue weighted by molar-refractivity contribution is -0.149. The Hall–Kier alpha value is -1.46. The van der Waals surface area contributed by atoms with Crippen molar-refractivity contribution in [1.29, 1.82) is 0 Å². The van der Waals surface area contributed by atoms with Crippen LogP contribution in [0.2, 0.25) is 0 Å². The van der Waals surface area contributed by atoms with Crippen molar-refractivity contribution in [2.75, 3.05) is 26.4 Å². The average molecular weight is 325 g/mol. The standard InChI is InChI=1S/C18H28FNO3/c1-3-15(2)17(20-11-13-22-12-7-10-19)18(21)23-14-16-8-5-4-6-9-16/h4-6,8-9,15,17,20H,3,7,10-14H2,1-2H3/t15-,17-/m0/s1. The zero-order valence-electron chi connectivity index (χ0n) is 14.1. The number of halogens is 1. The smallest absolute Gasteiger partial charge is 0.323 e. The molecule has 1 aromatic carbocycles. The lowest BCUT2D eigenvalue weighted by Crippen LogP contribution is -2.44. The SMILES string of the molecule is CC[C@H](C)[C@H](NCCOCCCF)C(=O)OCc1ccccc1. The minimum Gasteiger partial charge on any atom is -0.460 e. The van der Waals surface area contributed by atoms with Crippen molar-refractivity contribution in [3.8, 4) is 0 Å². The summed E-state index contributed by atoms with van der Waals surface area (Å²) in [5.74, 6) is -0.0731. The molecule has 0 unspecified atom stereocenters. The van der Waals surface area contributed by atoms with Gasteiger partial charge in [-0.25, -0.2) is 0 Å². The van der Waals surface area contributed by atoms with Gasteiger partial charge in [-0.1, -0.05) is 50.6 Å². The van der Waals surface area contributed by atoms with Crippen molar-refractivity contribution >= 4 is 5.97 Å². The first kappa shape index (κ1) is 19.6. The van der Waals surface area contributed by atoms with E-state index in [-0.39, 0.29) is 31.2 Å². The van der Waals surface area contributed by atoms with E-state index in [2.05, 4.69) is 5.32 Å². The molecule has 5 heteroatoms. The van der Waals surface area contributed by atoms with E-state index >= 15 is 0 Å². The first-order valence-electron chi connectivity index (χ1n) is 8.26. The number of alkyl halides is 1. The average Bonchev–Trinajstić information content (AvgIpc) is 2.59. The molecule has 0 radical (unpaired) electrons. The molecule has 0 saturated heterocycles. The van der Waals surface area contributed by atoms with Crippen molar-refractivity contribution in [3.63, 3.8) is 0 Å². The van der Waals surface area contributed by atoms with Crippen LogP contribution in [-0.2, 0) is 20.9 Å². The highest BCUT2D eigenvalue weighted by atomic mass is 19.1. The van der Waals surface area contributed by atoms with Gasteiger partial charge in [0.25, 0.3) is 0 Å². The van der Waals surface area contributed by atoms with Gasteiger partial charge < -0.3 is 14.8 Å². The van der Waals surface area contributed by atoms with Crippen molar-refractivity contribution in [2.45, 2.75) is 39.3 Å². The number of hydrogen-bond donors (Lipinski definition) is 1. The molecule has 1 rings (SSSR count). The van der Waals surface area contributed by atoms with Gasteiger partial charge in [-0.3, -0.25) is 9.18 Å². The topological polar surface area (TPSA) is 47.6 Å². The van der Waals surface area contributed by atoms with E-state index in [4.69, 9.17) is 9.47 Å². The summed E-state index contributed by atoms with van der Waals surface area (Å²) in [7, 11) is 0. The molecule has 1 N–H and O–H groups in total. The van der Waals surface area contributed by atoms with Crippen LogP contribution in [0.25, 0.3) is 0 Å². The van der Waals surface area contributed by atoms with Crippen LogP contribution in [0.4, 0.5) is 4.39 Å². The molecule has 0 amide bonds. The molecule has 0 saturated carbocycles. The Morgan fingerprint density at radius 1 is 1.26 bits per heavy atom. The van der Waals surface area contributed by atoms with Crippen LogP contribution < -0.4 is 5.32 Å². The zero-order chi connectivity index (χ0) is 16.9. The summed E-state index contributed by atoms with van der Waals surface area (Å²) < 4.78 is 22.7. The minimum absolute atomic E-state index is 0.170. The molecule has 130 valence electrons. The van der Waals surface area contributed by atoms with Gasteiger partial charge in [-0.05, 0) is 17.9 Å². The van der Waals surface area contributed by atoms with Crippen LogP contribution in [0.3, 0.4) is 0 Å². The molecule has 0 fully saturated rings. The van der Waals surface area contributed by atoms with E-state index in [9.17, 15) is 9.18 Å². The second-order valence-electron chi connectivity index (χ2n) is 5.57. The maximum Gasteiger partial charge on any atom is 0.323 e. The highest BCUT2D eigenvalue weighted by Gasteiger charge is 2.24. The van der Waals surface area contributed by atoms with Crippen LogP contribution in [0, 0.1) is 5.92 Å². The number of benzene rings is 1. The van der Waals surface area contributed by atoms with Crippen LogP contribution >= 0.6 is 0 Å². The number of carbonyl (C=O) groups is 1. The fourth-order valence-corrected chi connectivity index (χ4v) is 2.12. The Bertz CT molecular complexity index is 428. The van der Waals surface area contributed by atoms with Gasteiger partial charge in [0.1, 0.15) is 12.6 Å². The number of esters is 1. The third kappa shape index (κ3) is 8.09. The summed E-state index contributed by atoms with van der Waals surface area (Å²) in [5.41, 5.74) is 0.971. The number of carbonyl (C=O) groups excluding carboxylic acids is 1. The molecule has 0 aliphatic carbocycles. The molecule has 0 spiro atoms. The molecular formula is C18H28FNO3. The second-order valence-corrected chi connectivity index (χ2v) is 5.57. The van der Waals surface area contributed by atoms with Gasteiger partial charge in [-0.2, -0.15) is 0 Å². The van der Waals surface area contributed by atoms with E-state index in [0.29, 0.717) is 26.2 Å². The molecule has 0 aromatic heterocycles. The number of hydrogen-bond acceptors (Lipinski definition) is 4. The van der Waals surface area contributed by atoms with Crippen LogP contribution in [-0.4, -0.2) is 38.4 Å². The van der Waals surface area contributed by atoms with Crippen molar-refractivity contribution in [3.05, 3.63) is 35.9 Å². The quantitative estimate of drug-likeness (QED) is 0.474. The van der Waals surface area contributed by atoms with Crippen molar-refractivity contribution in [2.24, 2.45) is 5.92 Å². The Labute approximate surface area is 138 Å². The van der Waals surface area contributed by atoms with Crippen LogP contribution in [0.15, 0.2) is 30.3 Å². The van der Waals surface area contributed by atoms with E-state index in [1.807, 2.05) is 44.2 Å². The number of nitrogens with one attached hydrogen (secondary N) is 1. The van der Waals surface area contributed by atoms with Gasteiger partial charge in [0, 0.05) is 13.2 Å². The summed E-state index contributed by atoms with van der Waals surface area (Å²) in [6.07, 6.45) is 1.29.